The van der Waals surface area contributed by atoms with E-state index in [2.05, 4.69) is 5.10 Å². The first-order valence-electron chi connectivity index (χ1n) is 5.73. The van der Waals surface area contributed by atoms with Crippen LogP contribution in [0.3, 0.4) is 0 Å². The number of halogens is 4. The SMILES string of the molecule is CCc1nn(C)cc1C(=O)N(CCCl)CC(F)(F)F. The van der Waals surface area contributed by atoms with Crippen molar-refractivity contribution in [3.8, 4) is 0 Å². The van der Waals surface area contributed by atoms with E-state index >= 15 is 0 Å². The summed E-state index contributed by atoms with van der Waals surface area (Å²) >= 11 is 5.45. The molecule has 0 aliphatic carbocycles. The lowest BCUT2D eigenvalue weighted by Crippen LogP contribution is -2.40. The van der Waals surface area contributed by atoms with Crippen LogP contribution >= 0.6 is 11.6 Å². The van der Waals surface area contributed by atoms with Gasteiger partial charge in [0.25, 0.3) is 5.91 Å². The van der Waals surface area contributed by atoms with Gasteiger partial charge in [-0.15, -0.1) is 11.6 Å². The third kappa shape index (κ3) is 4.41. The maximum absolute atomic E-state index is 12.4. The minimum absolute atomic E-state index is 0.0520. The summed E-state index contributed by atoms with van der Waals surface area (Å²) in [5, 5.41) is 4.04. The van der Waals surface area contributed by atoms with E-state index in [1.807, 2.05) is 0 Å². The van der Waals surface area contributed by atoms with Crippen molar-refractivity contribution in [2.45, 2.75) is 19.5 Å². The Hall–Kier alpha value is -1.24. The molecule has 4 nitrogen and oxygen atoms in total. The number of amides is 1. The van der Waals surface area contributed by atoms with Gasteiger partial charge in [-0.2, -0.15) is 18.3 Å². The first-order chi connectivity index (χ1) is 8.78. The molecule has 0 aliphatic heterocycles. The topological polar surface area (TPSA) is 38.1 Å². The fourth-order valence-corrected chi connectivity index (χ4v) is 1.92. The zero-order chi connectivity index (χ0) is 14.6. The van der Waals surface area contributed by atoms with Crippen LogP contribution < -0.4 is 0 Å². The van der Waals surface area contributed by atoms with Crippen LogP contribution in [-0.4, -0.2) is 45.7 Å². The van der Waals surface area contributed by atoms with Crippen LogP contribution in [0.1, 0.15) is 23.0 Å². The summed E-state index contributed by atoms with van der Waals surface area (Å²) in [5.74, 6) is -0.744. The van der Waals surface area contributed by atoms with E-state index < -0.39 is 18.6 Å². The Morgan fingerprint density at radius 3 is 2.63 bits per heavy atom. The molecule has 0 aliphatic rings. The van der Waals surface area contributed by atoms with Gasteiger partial charge in [0.1, 0.15) is 6.54 Å². The van der Waals surface area contributed by atoms with E-state index in [9.17, 15) is 18.0 Å². The van der Waals surface area contributed by atoms with Gasteiger partial charge in [0, 0.05) is 25.7 Å². The predicted molar refractivity (Wildman–Crippen MR) is 65.3 cm³/mol. The number of hydrogen-bond acceptors (Lipinski definition) is 2. The smallest absolute Gasteiger partial charge is 0.328 e. The van der Waals surface area contributed by atoms with Gasteiger partial charge in [0.2, 0.25) is 0 Å². The van der Waals surface area contributed by atoms with E-state index in [0.29, 0.717) is 17.0 Å². The highest BCUT2D eigenvalue weighted by Gasteiger charge is 2.34. The summed E-state index contributed by atoms with van der Waals surface area (Å²) in [7, 11) is 1.62. The van der Waals surface area contributed by atoms with Crippen molar-refractivity contribution in [1.82, 2.24) is 14.7 Å². The highest BCUT2D eigenvalue weighted by atomic mass is 35.5. The summed E-state index contributed by atoms with van der Waals surface area (Å²) < 4.78 is 38.7. The molecule has 0 aromatic carbocycles. The van der Waals surface area contributed by atoms with Gasteiger partial charge >= 0.3 is 6.18 Å². The molecule has 0 bridgehead atoms. The molecule has 108 valence electrons. The van der Waals surface area contributed by atoms with Crippen LogP contribution in [0.15, 0.2) is 6.20 Å². The molecule has 1 aromatic rings. The molecule has 8 heteroatoms. The quantitative estimate of drug-likeness (QED) is 0.782. The zero-order valence-corrected chi connectivity index (χ0v) is 11.4. The van der Waals surface area contributed by atoms with Crippen LogP contribution in [-0.2, 0) is 13.5 Å². The molecule has 0 spiro atoms. The van der Waals surface area contributed by atoms with Crippen LogP contribution in [0.5, 0.6) is 0 Å². The minimum Gasteiger partial charge on any atom is -0.328 e. The standard InChI is InChI=1S/C11H15ClF3N3O/c1-3-9-8(6-17(2)16-9)10(19)18(5-4-12)7-11(13,14)15/h6H,3-5,7H2,1-2H3. The molecule has 0 N–H and O–H groups in total. The Labute approximate surface area is 114 Å². The first-order valence-corrected chi connectivity index (χ1v) is 6.26. The fourth-order valence-electron chi connectivity index (χ4n) is 1.72. The van der Waals surface area contributed by atoms with Gasteiger partial charge in [-0.25, -0.2) is 0 Å². The molecule has 1 heterocycles. The number of rotatable bonds is 5. The van der Waals surface area contributed by atoms with Gasteiger partial charge in [0.05, 0.1) is 11.3 Å². The Kier molecular flexibility index (Phi) is 5.22. The zero-order valence-electron chi connectivity index (χ0n) is 10.7. The first kappa shape index (κ1) is 15.8. The maximum Gasteiger partial charge on any atom is 0.406 e. The monoisotopic (exact) mass is 297 g/mol. The van der Waals surface area contributed by atoms with Crippen molar-refractivity contribution in [3.63, 3.8) is 0 Å². The molecule has 0 fully saturated rings. The normalized spacial score (nSPS) is 11.7. The van der Waals surface area contributed by atoms with Crippen LogP contribution in [0.4, 0.5) is 13.2 Å². The summed E-state index contributed by atoms with van der Waals surface area (Å²) in [5.41, 5.74) is 0.675. The van der Waals surface area contributed by atoms with Gasteiger partial charge in [0.15, 0.2) is 0 Å². The number of hydrogen-bond donors (Lipinski definition) is 0. The molecule has 0 atom stereocenters. The molecule has 0 saturated carbocycles. The molecule has 19 heavy (non-hydrogen) atoms. The summed E-state index contributed by atoms with van der Waals surface area (Å²) in [6.45, 7) is 0.323. The summed E-state index contributed by atoms with van der Waals surface area (Å²) in [6, 6.07) is 0. The lowest BCUT2D eigenvalue weighted by Gasteiger charge is -2.22. The number of aromatic nitrogens is 2. The fraction of sp³-hybridized carbons (Fsp3) is 0.636. The average Bonchev–Trinajstić information content (AvgIpc) is 2.67. The molecule has 1 rings (SSSR count). The highest BCUT2D eigenvalue weighted by Crippen LogP contribution is 2.19. The number of aryl methyl sites for hydroxylation is 2. The van der Waals surface area contributed by atoms with Crippen molar-refractivity contribution in [3.05, 3.63) is 17.5 Å². The van der Waals surface area contributed by atoms with Gasteiger partial charge in [-0.3, -0.25) is 9.48 Å². The van der Waals surface area contributed by atoms with Gasteiger partial charge < -0.3 is 4.90 Å². The largest absolute Gasteiger partial charge is 0.406 e. The number of alkyl halides is 4. The molecular formula is C11H15ClF3N3O. The van der Waals surface area contributed by atoms with E-state index in [1.54, 1.807) is 14.0 Å². The number of carbonyl (C=O) groups is 1. The second-order valence-corrected chi connectivity index (χ2v) is 4.43. The average molecular weight is 298 g/mol. The Morgan fingerprint density at radius 2 is 2.16 bits per heavy atom. The molecule has 1 aromatic heterocycles. The molecular weight excluding hydrogens is 283 g/mol. The van der Waals surface area contributed by atoms with Crippen molar-refractivity contribution in [2.75, 3.05) is 19.0 Å². The summed E-state index contributed by atoms with van der Waals surface area (Å²) in [6.07, 6.45) is -2.54. The van der Waals surface area contributed by atoms with E-state index in [1.165, 1.54) is 10.9 Å². The van der Waals surface area contributed by atoms with E-state index in [-0.39, 0.29) is 18.0 Å². The second-order valence-electron chi connectivity index (χ2n) is 4.05. The van der Waals surface area contributed by atoms with Crippen LogP contribution in [0, 0.1) is 0 Å². The number of carbonyl (C=O) groups excluding carboxylic acids is 1. The third-order valence-corrected chi connectivity index (χ3v) is 2.65. The van der Waals surface area contributed by atoms with Gasteiger partial charge in [-0.1, -0.05) is 6.92 Å². The minimum atomic E-state index is -4.45. The third-order valence-electron chi connectivity index (χ3n) is 2.48. The lowest BCUT2D eigenvalue weighted by molar-refractivity contribution is -0.140. The van der Waals surface area contributed by atoms with E-state index in [4.69, 9.17) is 11.6 Å². The van der Waals surface area contributed by atoms with Crippen molar-refractivity contribution in [1.29, 1.82) is 0 Å². The highest BCUT2D eigenvalue weighted by molar-refractivity contribution is 6.18. The molecule has 0 unspecified atom stereocenters. The molecule has 1 amide bonds. The molecule has 0 saturated heterocycles. The van der Waals surface area contributed by atoms with Gasteiger partial charge in [-0.05, 0) is 6.42 Å². The van der Waals surface area contributed by atoms with E-state index in [0.717, 1.165) is 0 Å². The van der Waals surface area contributed by atoms with Crippen molar-refractivity contribution >= 4 is 17.5 Å². The predicted octanol–water partition coefficient (Wildman–Crippen LogP) is 2.23. The number of nitrogens with zero attached hydrogens (tertiary/aromatic N) is 3. The van der Waals surface area contributed by atoms with Crippen LogP contribution in [0.2, 0.25) is 0 Å². The van der Waals surface area contributed by atoms with Crippen molar-refractivity contribution < 1.29 is 18.0 Å². The van der Waals surface area contributed by atoms with Crippen molar-refractivity contribution in [2.24, 2.45) is 7.05 Å². The maximum atomic E-state index is 12.4. The Morgan fingerprint density at radius 1 is 1.53 bits per heavy atom. The second kappa shape index (κ2) is 6.27. The summed E-state index contributed by atoms with van der Waals surface area (Å²) in [4.78, 5) is 12.8. The Bertz CT molecular complexity index is 445. The molecule has 0 radical (unpaired) electrons. The lowest BCUT2D eigenvalue weighted by atomic mass is 10.2. The Balaban J connectivity index is 2.98. The van der Waals surface area contributed by atoms with Crippen LogP contribution in [0.25, 0.3) is 0 Å².